The average Bonchev–Trinajstić information content (AvgIpc) is 2.53. The van der Waals surface area contributed by atoms with E-state index in [0.29, 0.717) is 35.3 Å². The monoisotopic (exact) mass is 295 g/mol. The van der Waals surface area contributed by atoms with Crippen LogP contribution in [0.3, 0.4) is 0 Å². The molecule has 0 atom stereocenters. The molecule has 1 aromatic rings. The molecule has 5 heteroatoms. The summed E-state index contributed by atoms with van der Waals surface area (Å²) in [5.74, 6) is 1.67. The van der Waals surface area contributed by atoms with Gasteiger partial charge in [-0.3, -0.25) is 4.79 Å². The Balaban J connectivity index is 2.99. The van der Waals surface area contributed by atoms with Crippen LogP contribution in [0.4, 0.5) is 0 Å². The molecule has 0 aliphatic rings. The molecule has 0 fully saturated rings. The van der Waals surface area contributed by atoms with Crippen LogP contribution in [0.2, 0.25) is 0 Å². The molecule has 0 aliphatic carbocycles. The number of amides is 1. The maximum Gasteiger partial charge on any atom is 0.255 e. The highest BCUT2D eigenvalue weighted by Crippen LogP contribution is 2.39. The van der Waals surface area contributed by atoms with Crippen LogP contribution in [0.25, 0.3) is 0 Å². The molecule has 0 radical (unpaired) electrons. The van der Waals surface area contributed by atoms with Gasteiger partial charge in [-0.15, -0.1) is 0 Å². The minimum absolute atomic E-state index is 0.167. The third-order valence-corrected chi connectivity index (χ3v) is 3.65. The number of ether oxygens (including phenoxy) is 3. The van der Waals surface area contributed by atoms with E-state index in [4.69, 9.17) is 14.2 Å². The Labute approximate surface area is 126 Å². The van der Waals surface area contributed by atoms with Gasteiger partial charge in [0.25, 0.3) is 5.91 Å². The minimum atomic E-state index is -0.167. The van der Waals surface area contributed by atoms with E-state index in [2.05, 4.69) is 19.2 Å². The van der Waals surface area contributed by atoms with Crippen molar-refractivity contribution in [3.05, 3.63) is 17.7 Å². The third-order valence-electron chi connectivity index (χ3n) is 3.65. The lowest BCUT2D eigenvalue weighted by molar-refractivity contribution is 0.0942. The molecule has 0 aliphatic heterocycles. The third kappa shape index (κ3) is 4.03. The first-order valence-corrected chi connectivity index (χ1v) is 7.19. The van der Waals surface area contributed by atoms with Crippen LogP contribution in [-0.2, 0) is 0 Å². The summed E-state index contributed by atoms with van der Waals surface area (Å²) in [6.45, 7) is 4.90. The molecule has 0 bridgehead atoms. The second-order valence-corrected chi connectivity index (χ2v) is 4.77. The first-order chi connectivity index (χ1) is 10.1. The van der Waals surface area contributed by atoms with E-state index in [1.165, 1.54) is 14.2 Å². The largest absolute Gasteiger partial charge is 0.493 e. The zero-order valence-electron chi connectivity index (χ0n) is 13.5. The molecule has 0 aromatic heterocycles. The predicted octanol–water partition coefficient (Wildman–Crippen LogP) is 2.88. The van der Waals surface area contributed by atoms with Crippen LogP contribution in [0.5, 0.6) is 17.2 Å². The Hall–Kier alpha value is -1.91. The normalized spacial score (nSPS) is 10.4. The number of methoxy groups -OCH3 is 3. The Morgan fingerprint density at radius 3 is 2.14 bits per heavy atom. The van der Waals surface area contributed by atoms with Crippen LogP contribution < -0.4 is 19.5 Å². The predicted molar refractivity (Wildman–Crippen MR) is 82.5 cm³/mol. The zero-order valence-corrected chi connectivity index (χ0v) is 13.5. The summed E-state index contributed by atoms with van der Waals surface area (Å²) in [5, 5.41) is 2.95. The highest BCUT2D eigenvalue weighted by molar-refractivity contribution is 5.98. The smallest absolute Gasteiger partial charge is 0.255 e. The molecular formula is C16H25NO4. The van der Waals surface area contributed by atoms with Gasteiger partial charge in [0.1, 0.15) is 0 Å². The molecule has 1 amide bonds. The van der Waals surface area contributed by atoms with Gasteiger partial charge in [0, 0.05) is 6.54 Å². The number of carbonyl (C=O) groups is 1. The summed E-state index contributed by atoms with van der Waals surface area (Å²) in [4.78, 5) is 12.3. The van der Waals surface area contributed by atoms with Gasteiger partial charge in [0.15, 0.2) is 11.5 Å². The molecule has 1 N–H and O–H groups in total. The molecule has 0 spiro atoms. The van der Waals surface area contributed by atoms with Crippen LogP contribution in [0.15, 0.2) is 12.1 Å². The quantitative estimate of drug-likeness (QED) is 0.801. The number of carbonyl (C=O) groups excluding carboxylic acids is 1. The van der Waals surface area contributed by atoms with E-state index in [1.807, 2.05) is 0 Å². The first-order valence-electron chi connectivity index (χ1n) is 7.19. The van der Waals surface area contributed by atoms with E-state index < -0.39 is 0 Å². The number of hydrogen-bond donors (Lipinski definition) is 1. The molecule has 0 saturated carbocycles. The van der Waals surface area contributed by atoms with Crippen LogP contribution in [0.1, 0.15) is 37.0 Å². The zero-order chi connectivity index (χ0) is 15.8. The van der Waals surface area contributed by atoms with Crippen LogP contribution >= 0.6 is 0 Å². The molecule has 1 rings (SSSR count). The molecule has 1 aromatic carbocycles. The molecule has 21 heavy (non-hydrogen) atoms. The molecule has 5 nitrogen and oxygen atoms in total. The van der Waals surface area contributed by atoms with Gasteiger partial charge in [-0.25, -0.2) is 0 Å². The highest BCUT2D eigenvalue weighted by atomic mass is 16.5. The van der Waals surface area contributed by atoms with Crippen molar-refractivity contribution in [3.8, 4) is 17.2 Å². The summed E-state index contributed by atoms with van der Waals surface area (Å²) in [6, 6.07) is 3.38. The second-order valence-electron chi connectivity index (χ2n) is 4.77. The topological polar surface area (TPSA) is 56.8 Å². The SMILES string of the molecule is CCC(CC)CNC(=O)c1ccc(OC)c(OC)c1OC. The lowest BCUT2D eigenvalue weighted by Crippen LogP contribution is -2.29. The molecule has 118 valence electrons. The van der Waals surface area contributed by atoms with Crippen molar-refractivity contribution in [2.24, 2.45) is 5.92 Å². The maximum absolute atomic E-state index is 12.3. The van der Waals surface area contributed by atoms with E-state index in [-0.39, 0.29) is 5.91 Å². The summed E-state index contributed by atoms with van der Waals surface area (Å²) < 4.78 is 15.8. The standard InChI is InChI=1S/C16H25NO4/c1-6-11(7-2)10-17-16(18)12-8-9-13(19-3)15(21-5)14(12)20-4/h8-9,11H,6-7,10H2,1-5H3,(H,17,18). The summed E-state index contributed by atoms with van der Waals surface area (Å²) >= 11 is 0. The van der Waals surface area contributed by atoms with Crippen LogP contribution in [-0.4, -0.2) is 33.8 Å². The van der Waals surface area contributed by atoms with Gasteiger partial charge in [-0.1, -0.05) is 26.7 Å². The minimum Gasteiger partial charge on any atom is -0.493 e. The summed E-state index contributed by atoms with van der Waals surface area (Å²) in [6.07, 6.45) is 2.08. The lowest BCUT2D eigenvalue weighted by atomic mass is 10.0. The second kappa shape index (κ2) is 8.39. The fraction of sp³-hybridized carbons (Fsp3) is 0.562. The Bertz CT molecular complexity index is 470. The average molecular weight is 295 g/mol. The summed E-state index contributed by atoms with van der Waals surface area (Å²) in [7, 11) is 4.57. The Kier molecular flexibility index (Phi) is 6.85. The number of benzene rings is 1. The van der Waals surface area contributed by atoms with E-state index >= 15 is 0 Å². The van der Waals surface area contributed by atoms with Crippen molar-refractivity contribution in [2.75, 3.05) is 27.9 Å². The van der Waals surface area contributed by atoms with Gasteiger partial charge >= 0.3 is 0 Å². The van der Waals surface area contributed by atoms with Gasteiger partial charge in [0.2, 0.25) is 5.75 Å². The van der Waals surface area contributed by atoms with E-state index in [0.717, 1.165) is 12.8 Å². The van der Waals surface area contributed by atoms with Crippen molar-refractivity contribution in [1.29, 1.82) is 0 Å². The van der Waals surface area contributed by atoms with Gasteiger partial charge in [0.05, 0.1) is 26.9 Å². The molecule has 0 saturated heterocycles. The lowest BCUT2D eigenvalue weighted by Gasteiger charge is -2.17. The van der Waals surface area contributed by atoms with Crippen LogP contribution in [0, 0.1) is 5.92 Å². The van der Waals surface area contributed by atoms with Crippen molar-refractivity contribution in [1.82, 2.24) is 5.32 Å². The van der Waals surface area contributed by atoms with Crippen molar-refractivity contribution in [2.45, 2.75) is 26.7 Å². The van der Waals surface area contributed by atoms with E-state index in [1.54, 1.807) is 19.2 Å². The van der Waals surface area contributed by atoms with Crippen molar-refractivity contribution in [3.63, 3.8) is 0 Å². The Morgan fingerprint density at radius 1 is 1.05 bits per heavy atom. The Morgan fingerprint density at radius 2 is 1.67 bits per heavy atom. The molecule has 0 unspecified atom stereocenters. The fourth-order valence-corrected chi connectivity index (χ4v) is 2.19. The first kappa shape index (κ1) is 17.1. The fourth-order valence-electron chi connectivity index (χ4n) is 2.19. The molecule has 0 heterocycles. The van der Waals surface area contributed by atoms with Gasteiger partial charge < -0.3 is 19.5 Å². The van der Waals surface area contributed by atoms with Crippen molar-refractivity contribution < 1.29 is 19.0 Å². The number of nitrogens with one attached hydrogen (secondary N) is 1. The number of hydrogen-bond acceptors (Lipinski definition) is 4. The van der Waals surface area contributed by atoms with Gasteiger partial charge in [-0.2, -0.15) is 0 Å². The summed E-state index contributed by atoms with van der Waals surface area (Å²) in [5.41, 5.74) is 0.445. The van der Waals surface area contributed by atoms with Crippen molar-refractivity contribution >= 4 is 5.91 Å². The van der Waals surface area contributed by atoms with Gasteiger partial charge in [-0.05, 0) is 18.1 Å². The molecular weight excluding hydrogens is 270 g/mol. The maximum atomic E-state index is 12.3. The van der Waals surface area contributed by atoms with E-state index in [9.17, 15) is 4.79 Å². The highest BCUT2D eigenvalue weighted by Gasteiger charge is 2.20. The number of rotatable bonds is 8.